The third-order valence-electron chi connectivity index (χ3n) is 6.13. The van der Waals surface area contributed by atoms with Gasteiger partial charge in [-0.25, -0.2) is 8.42 Å². The Balaban J connectivity index is 2.24. The zero-order valence-electron chi connectivity index (χ0n) is 21.8. The number of halogens is 1. The number of hydrogen-bond acceptors (Lipinski definition) is 4. The summed E-state index contributed by atoms with van der Waals surface area (Å²) in [5.41, 5.74) is 2.26. The molecule has 2 atom stereocenters. The standard InChI is InChI=1S/C27H38ClN3O4S/c1-6-21(4)29-27(33)25(7-2)30(19-22-13-8-9-15-24(22)28)26(32)16-11-17-31(36(5,34)35)23-14-10-12-20(3)18-23/h8-10,12-15,18,21,25H,6-7,11,16-17,19H2,1-5H3,(H,29,33)/t21-,25+/m0/s1. The number of benzene rings is 2. The summed E-state index contributed by atoms with van der Waals surface area (Å²) in [7, 11) is -3.53. The Bertz CT molecular complexity index is 1140. The average molecular weight is 536 g/mol. The molecule has 0 heterocycles. The van der Waals surface area contributed by atoms with Crippen molar-refractivity contribution in [2.45, 2.75) is 72.0 Å². The Morgan fingerprint density at radius 1 is 1.06 bits per heavy atom. The van der Waals surface area contributed by atoms with Gasteiger partial charge in [0, 0.05) is 30.6 Å². The molecule has 0 aromatic heterocycles. The molecule has 0 aliphatic carbocycles. The largest absolute Gasteiger partial charge is 0.352 e. The third kappa shape index (κ3) is 8.52. The number of nitrogens with zero attached hydrogens (tertiary/aromatic N) is 2. The van der Waals surface area contributed by atoms with Crippen molar-refractivity contribution in [3.8, 4) is 0 Å². The molecule has 0 aliphatic heterocycles. The molecule has 2 aromatic carbocycles. The van der Waals surface area contributed by atoms with Gasteiger partial charge in [0.1, 0.15) is 6.04 Å². The van der Waals surface area contributed by atoms with E-state index in [1.165, 1.54) is 4.31 Å². The molecule has 2 rings (SSSR count). The number of hydrogen-bond donors (Lipinski definition) is 1. The fourth-order valence-corrected chi connectivity index (χ4v) is 5.11. The lowest BCUT2D eigenvalue weighted by Crippen LogP contribution is -2.50. The van der Waals surface area contributed by atoms with Crippen molar-refractivity contribution in [3.63, 3.8) is 0 Å². The fraction of sp³-hybridized carbons (Fsp3) is 0.481. The maximum atomic E-state index is 13.5. The molecular formula is C27H38ClN3O4S. The van der Waals surface area contributed by atoms with Crippen LogP contribution in [-0.4, -0.2) is 50.0 Å². The molecule has 2 aromatic rings. The lowest BCUT2D eigenvalue weighted by atomic mass is 10.1. The van der Waals surface area contributed by atoms with E-state index in [9.17, 15) is 18.0 Å². The van der Waals surface area contributed by atoms with Crippen molar-refractivity contribution in [2.75, 3.05) is 17.1 Å². The molecule has 36 heavy (non-hydrogen) atoms. The quantitative estimate of drug-likeness (QED) is 0.394. The van der Waals surface area contributed by atoms with Gasteiger partial charge < -0.3 is 10.2 Å². The zero-order valence-corrected chi connectivity index (χ0v) is 23.4. The maximum Gasteiger partial charge on any atom is 0.243 e. The van der Waals surface area contributed by atoms with Crippen molar-refractivity contribution in [1.82, 2.24) is 10.2 Å². The van der Waals surface area contributed by atoms with Crippen molar-refractivity contribution in [1.29, 1.82) is 0 Å². The van der Waals surface area contributed by atoms with Crippen LogP contribution in [0.25, 0.3) is 0 Å². The first-order chi connectivity index (χ1) is 17.0. The Morgan fingerprint density at radius 3 is 2.33 bits per heavy atom. The van der Waals surface area contributed by atoms with E-state index in [1.54, 1.807) is 29.2 Å². The molecule has 2 amide bonds. The molecule has 0 spiro atoms. The lowest BCUT2D eigenvalue weighted by molar-refractivity contribution is -0.141. The van der Waals surface area contributed by atoms with E-state index in [-0.39, 0.29) is 37.4 Å². The Hall–Kier alpha value is -2.58. The highest BCUT2D eigenvalue weighted by atomic mass is 35.5. The first-order valence-corrected chi connectivity index (χ1v) is 14.6. The van der Waals surface area contributed by atoms with Gasteiger partial charge in [-0.1, -0.05) is 55.8 Å². The number of nitrogens with one attached hydrogen (secondary N) is 1. The number of sulfonamides is 1. The maximum absolute atomic E-state index is 13.5. The van der Waals surface area contributed by atoms with Gasteiger partial charge in [-0.3, -0.25) is 13.9 Å². The molecule has 0 saturated carbocycles. The molecule has 0 fully saturated rings. The number of anilines is 1. The molecule has 0 radical (unpaired) electrons. The minimum atomic E-state index is -3.53. The Morgan fingerprint density at radius 2 is 1.75 bits per heavy atom. The van der Waals surface area contributed by atoms with Crippen molar-refractivity contribution in [2.24, 2.45) is 0 Å². The Labute approximate surface area is 220 Å². The SMILES string of the molecule is CC[C@H](C(=O)N[C@@H](C)CC)N(Cc1ccccc1Cl)C(=O)CCCN(c1cccc(C)c1)S(C)(=O)=O. The summed E-state index contributed by atoms with van der Waals surface area (Å²) in [5, 5.41) is 3.51. The predicted molar refractivity (Wildman–Crippen MR) is 147 cm³/mol. The van der Waals surface area contributed by atoms with E-state index < -0.39 is 16.1 Å². The summed E-state index contributed by atoms with van der Waals surface area (Å²) in [6.07, 6.45) is 2.78. The molecule has 0 aliphatic rings. The van der Waals surface area contributed by atoms with Crippen LogP contribution in [0.2, 0.25) is 5.02 Å². The van der Waals surface area contributed by atoms with Crippen molar-refractivity contribution < 1.29 is 18.0 Å². The van der Waals surface area contributed by atoms with Gasteiger partial charge in [-0.15, -0.1) is 0 Å². The van der Waals surface area contributed by atoms with Crippen LogP contribution in [0.3, 0.4) is 0 Å². The number of amides is 2. The highest BCUT2D eigenvalue weighted by Gasteiger charge is 2.29. The van der Waals surface area contributed by atoms with Gasteiger partial charge in [-0.2, -0.15) is 0 Å². The van der Waals surface area contributed by atoms with Gasteiger partial charge in [-0.05, 0) is 62.4 Å². The molecular weight excluding hydrogens is 498 g/mol. The molecule has 9 heteroatoms. The van der Waals surface area contributed by atoms with Crippen LogP contribution < -0.4 is 9.62 Å². The molecule has 0 bridgehead atoms. The topological polar surface area (TPSA) is 86.8 Å². The van der Waals surface area contributed by atoms with Gasteiger partial charge in [0.05, 0.1) is 11.9 Å². The molecule has 1 N–H and O–H groups in total. The van der Waals surface area contributed by atoms with E-state index in [0.29, 0.717) is 23.6 Å². The van der Waals surface area contributed by atoms with E-state index in [4.69, 9.17) is 11.6 Å². The number of rotatable bonds is 13. The van der Waals surface area contributed by atoms with Crippen LogP contribution in [0, 0.1) is 6.92 Å². The van der Waals surface area contributed by atoms with E-state index in [2.05, 4.69) is 5.32 Å². The highest BCUT2D eigenvalue weighted by Crippen LogP contribution is 2.22. The monoisotopic (exact) mass is 535 g/mol. The fourth-order valence-electron chi connectivity index (χ4n) is 3.96. The molecule has 0 unspecified atom stereocenters. The smallest absolute Gasteiger partial charge is 0.243 e. The van der Waals surface area contributed by atoms with Gasteiger partial charge in [0.15, 0.2) is 0 Å². The normalized spacial score (nSPS) is 13.1. The van der Waals surface area contributed by atoms with Crippen LogP contribution >= 0.6 is 11.6 Å². The van der Waals surface area contributed by atoms with E-state index >= 15 is 0 Å². The summed E-state index contributed by atoms with van der Waals surface area (Å²) >= 11 is 6.37. The second-order valence-corrected chi connectivity index (χ2v) is 11.4. The summed E-state index contributed by atoms with van der Waals surface area (Å²) in [4.78, 5) is 28.1. The highest BCUT2D eigenvalue weighted by molar-refractivity contribution is 7.92. The van der Waals surface area contributed by atoms with Crippen LogP contribution in [0.5, 0.6) is 0 Å². The van der Waals surface area contributed by atoms with Crippen molar-refractivity contribution >= 4 is 39.1 Å². The van der Waals surface area contributed by atoms with Crippen LogP contribution in [0.4, 0.5) is 5.69 Å². The zero-order chi connectivity index (χ0) is 26.9. The minimum Gasteiger partial charge on any atom is -0.352 e. The summed E-state index contributed by atoms with van der Waals surface area (Å²) in [6.45, 7) is 8.03. The second-order valence-electron chi connectivity index (χ2n) is 9.13. The second kappa shape index (κ2) is 13.7. The van der Waals surface area contributed by atoms with E-state index in [1.807, 2.05) is 52.0 Å². The number of carbonyl (C=O) groups is 2. The van der Waals surface area contributed by atoms with Crippen LogP contribution in [0.15, 0.2) is 48.5 Å². The first-order valence-electron chi connectivity index (χ1n) is 12.4. The van der Waals surface area contributed by atoms with Crippen LogP contribution in [-0.2, 0) is 26.2 Å². The first kappa shape index (κ1) is 29.6. The van der Waals surface area contributed by atoms with Gasteiger partial charge in [0.2, 0.25) is 21.8 Å². The summed E-state index contributed by atoms with van der Waals surface area (Å²) < 4.78 is 26.3. The molecule has 198 valence electrons. The van der Waals surface area contributed by atoms with Gasteiger partial charge in [0.25, 0.3) is 0 Å². The van der Waals surface area contributed by atoms with Crippen LogP contribution in [0.1, 0.15) is 57.6 Å². The van der Waals surface area contributed by atoms with E-state index in [0.717, 1.165) is 23.8 Å². The molecule has 0 saturated heterocycles. The van der Waals surface area contributed by atoms with Gasteiger partial charge >= 0.3 is 0 Å². The third-order valence-corrected chi connectivity index (χ3v) is 7.69. The average Bonchev–Trinajstić information content (AvgIpc) is 2.81. The Kier molecular flexibility index (Phi) is 11.2. The summed E-state index contributed by atoms with van der Waals surface area (Å²) in [6, 6.07) is 13.8. The lowest BCUT2D eigenvalue weighted by Gasteiger charge is -2.32. The predicted octanol–water partition coefficient (Wildman–Crippen LogP) is 4.92. The summed E-state index contributed by atoms with van der Waals surface area (Å²) in [5.74, 6) is -0.427. The number of aryl methyl sites for hydroxylation is 1. The number of carbonyl (C=O) groups excluding carboxylic acids is 2. The minimum absolute atomic E-state index is 0.0125. The van der Waals surface area contributed by atoms with Crippen molar-refractivity contribution in [3.05, 3.63) is 64.7 Å². The molecule has 7 nitrogen and oxygen atoms in total.